The normalized spacial score (nSPS) is 20.8. The first-order chi connectivity index (χ1) is 23.8. The molecule has 6 rings (SSSR count). The van der Waals surface area contributed by atoms with Crippen molar-refractivity contribution in [3.8, 4) is 0 Å². The summed E-state index contributed by atoms with van der Waals surface area (Å²) in [6, 6.07) is 29.8. The van der Waals surface area contributed by atoms with Crippen molar-refractivity contribution in [3.63, 3.8) is 0 Å². The highest BCUT2D eigenvalue weighted by molar-refractivity contribution is 7.89. The Morgan fingerprint density at radius 3 is 2.20 bits per heavy atom. The fraction of sp³-hybridized carbons (Fsp3) is 0.342. The maximum absolute atomic E-state index is 13.6. The highest BCUT2D eigenvalue weighted by Gasteiger charge is 2.34. The van der Waals surface area contributed by atoms with E-state index in [-0.39, 0.29) is 30.1 Å². The van der Waals surface area contributed by atoms with Crippen molar-refractivity contribution in [1.82, 2.24) is 9.62 Å². The Morgan fingerprint density at radius 1 is 0.857 bits per heavy atom. The maximum atomic E-state index is 13.6. The van der Waals surface area contributed by atoms with E-state index in [1.54, 1.807) is 24.3 Å². The van der Waals surface area contributed by atoms with E-state index >= 15 is 0 Å². The SMILES string of the molecule is Cc1ccc(S(=O)(=O)N[C@H](Cc2ccccc2)C(=O)Nc2ccc([C@H]3O[C@@H](CN4CCOCC4)C[C@@H](c4ccc(CO)cc4)O3)cc2)cc1. The van der Waals surface area contributed by atoms with E-state index in [1.807, 2.05) is 73.7 Å². The smallest absolute Gasteiger partial charge is 0.242 e. The van der Waals surface area contributed by atoms with Gasteiger partial charge in [0.1, 0.15) is 6.04 Å². The summed E-state index contributed by atoms with van der Waals surface area (Å²) >= 11 is 0. The molecule has 0 aromatic heterocycles. The Kier molecular flexibility index (Phi) is 11.5. The van der Waals surface area contributed by atoms with Gasteiger partial charge in [-0.15, -0.1) is 0 Å². The molecule has 0 aliphatic carbocycles. The predicted octanol–water partition coefficient (Wildman–Crippen LogP) is 4.89. The van der Waals surface area contributed by atoms with Gasteiger partial charge in [-0.1, -0.05) is 84.4 Å². The Labute approximate surface area is 288 Å². The summed E-state index contributed by atoms with van der Waals surface area (Å²) in [5.41, 5.74) is 4.91. The van der Waals surface area contributed by atoms with Crippen LogP contribution in [0, 0.1) is 6.92 Å². The molecule has 0 spiro atoms. The highest BCUT2D eigenvalue weighted by Crippen LogP contribution is 2.38. The average Bonchev–Trinajstić information content (AvgIpc) is 3.12. The molecule has 4 aromatic carbocycles. The summed E-state index contributed by atoms with van der Waals surface area (Å²) in [4.78, 5) is 16.1. The standard InChI is InChI=1S/C38H43N3O7S/c1-27-7-17-34(18-8-27)49(44,45)40-35(23-28-5-3-2-4-6-28)37(43)39-32-15-13-31(14-16-32)38-47-33(25-41-19-21-46-22-20-41)24-36(48-38)30-11-9-29(26-42)10-12-30/h2-18,33,35-36,38,40,42H,19-26H2,1H3,(H,39,43)/t33-,35-,36+,38+/m1/s1. The number of morpholine rings is 1. The molecule has 3 N–H and O–H groups in total. The molecular weight excluding hydrogens is 642 g/mol. The summed E-state index contributed by atoms with van der Waals surface area (Å²) in [5.74, 6) is -0.477. The number of carbonyl (C=O) groups is 1. The second-order valence-electron chi connectivity index (χ2n) is 12.6. The van der Waals surface area contributed by atoms with Gasteiger partial charge in [0.05, 0.1) is 36.9 Å². The lowest BCUT2D eigenvalue weighted by atomic mass is 9.99. The van der Waals surface area contributed by atoms with E-state index < -0.39 is 28.3 Å². The second-order valence-corrected chi connectivity index (χ2v) is 14.3. The van der Waals surface area contributed by atoms with Crippen LogP contribution < -0.4 is 10.0 Å². The summed E-state index contributed by atoms with van der Waals surface area (Å²) < 4.78 is 47.7. The molecule has 0 bridgehead atoms. The van der Waals surface area contributed by atoms with Gasteiger partial charge < -0.3 is 24.6 Å². The summed E-state index contributed by atoms with van der Waals surface area (Å²) in [6.07, 6.45) is -0.0810. The molecule has 2 fully saturated rings. The fourth-order valence-electron chi connectivity index (χ4n) is 6.07. The van der Waals surface area contributed by atoms with Gasteiger partial charge in [0.25, 0.3) is 0 Å². The van der Waals surface area contributed by atoms with E-state index in [0.29, 0.717) is 25.3 Å². The van der Waals surface area contributed by atoms with Crippen LogP contribution >= 0.6 is 0 Å². The molecule has 4 aromatic rings. The molecule has 10 nitrogen and oxygen atoms in total. The number of rotatable bonds is 12. The van der Waals surface area contributed by atoms with E-state index in [0.717, 1.165) is 47.5 Å². The van der Waals surface area contributed by atoms with Crippen molar-refractivity contribution in [2.75, 3.05) is 38.2 Å². The molecular formula is C38H43N3O7S. The Bertz CT molecular complexity index is 1760. The fourth-order valence-corrected chi connectivity index (χ4v) is 7.26. The van der Waals surface area contributed by atoms with Crippen LogP contribution in [0.15, 0.2) is 108 Å². The van der Waals surface area contributed by atoms with Crippen LogP contribution in [-0.4, -0.2) is 69.3 Å². The third-order valence-electron chi connectivity index (χ3n) is 8.86. The van der Waals surface area contributed by atoms with Crippen LogP contribution in [0.25, 0.3) is 0 Å². The lowest BCUT2D eigenvalue weighted by molar-refractivity contribution is -0.253. The number of sulfonamides is 1. The third kappa shape index (κ3) is 9.40. The monoisotopic (exact) mass is 685 g/mol. The van der Waals surface area contributed by atoms with Crippen molar-refractivity contribution in [2.24, 2.45) is 0 Å². The Balaban J connectivity index is 1.17. The van der Waals surface area contributed by atoms with Crippen LogP contribution in [0.1, 0.15) is 46.6 Å². The predicted molar refractivity (Wildman–Crippen MR) is 186 cm³/mol. The van der Waals surface area contributed by atoms with Crippen molar-refractivity contribution in [1.29, 1.82) is 0 Å². The van der Waals surface area contributed by atoms with Crippen LogP contribution in [0.2, 0.25) is 0 Å². The van der Waals surface area contributed by atoms with Gasteiger partial charge >= 0.3 is 0 Å². The number of benzene rings is 4. The van der Waals surface area contributed by atoms with E-state index in [9.17, 15) is 18.3 Å². The molecule has 11 heteroatoms. The Morgan fingerprint density at radius 2 is 1.53 bits per heavy atom. The topological polar surface area (TPSA) is 126 Å². The molecule has 2 aliphatic rings. The number of aliphatic hydroxyl groups excluding tert-OH is 1. The molecule has 2 heterocycles. The Hall–Kier alpha value is -3.94. The number of hydrogen-bond acceptors (Lipinski definition) is 8. The average molecular weight is 686 g/mol. The molecule has 0 saturated carbocycles. The van der Waals surface area contributed by atoms with E-state index in [2.05, 4.69) is 14.9 Å². The number of aryl methyl sites for hydroxylation is 1. The van der Waals surface area contributed by atoms with E-state index in [1.165, 1.54) is 12.1 Å². The van der Waals surface area contributed by atoms with Crippen LogP contribution in [0.5, 0.6) is 0 Å². The minimum Gasteiger partial charge on any atom is -0.392 e. The first kappa shape index (κ1) is 34.9. The summed E-state index contributed by atoms with van der Waals surface area (Å²) in [7, 11) is -3.97. The van der Waals surface area contributed by atoms with Crippen LogP contribution in [0.3, 0.4) is 0 Å². The molecule has 4 atom stereocenters. The van der Waals surface area contributed by atoms with Gasteiger partial charge in [-0.25, -0.2) is 8.42 Å². The number of ether oxygens (including phenoxy) is 3. The number of amides is 1. The van der Waals surface area contributed by atoms with Gasteiger partial charge in [-0.3, -0.25) is 9.69 Å². The molecule has 0 radical (unpaired) electrons. The second kappa shape index (κ2) is 16.2. The van der Waals surface area contributed by atoms with Gasteiger partial charge in [-0.05, 0) is 54.3 Å². The number of hydrogen-bond donors (Lipinski definition) is 3. The number of nitrogens with one attached hydrogen (secondary N) is 2. The zero-order valence-electron chi connectivity index (χ0n) is 27.5. The van der Waals surface area contributed by atoms with Crippen molar-refractivity contribution >= 4 is 21.6 Å². The van der Waals surface area contributed by atoms with Gasteiger partial charge in [-0.2, -0.15) is 4.72 Å². The van der Waals surface area contributed by atoms with Crippen molar-refractivity contribution in [2.45, 2.75) is 55.8 Å². The largest absolute Gasteiger partial charge is 0.392 e. The lowest BCUT2D eigenvalue weighted by Crippen LogP contribution is -2.45. The molecule has 0 unspecified atom stereocenters. The van der Waals surface area contributed by atoms with Gasteiger partial charge in [0, 0.05) is 37.3 Å². The molecule has 49 heavy (non-hydrogen) atoms. The minimum atomic E-state index is -3.97. The minimum absolute atomic E-state index is 0.0221. The first-order valence-corrected chi connectivity index (χ1v) is 18.1. The zero-order chi connectivity index (χ0) is 34.2. The highest BCUT2D eigenvalue weighted by atomic mass is 32.2. The molecule has 258 valence electrons. The summed E-state index contributed by atoms with van der Waals surface area (Å²) in [5, 5.41) is 12.4. The zero-order valence-corrected chi connectivity index (χ0v) is 28.3. The lowest BCUT2D eigenvalue weighted by Gasteiger charge is -2.39. The van der Waals surface area contributed by atoms with E-state index in [4.69, 9.17) is 14.2 Å². The number of aliphatic hydroxyl groups is 1. The number of nitrogens with zero attached hydrogens (tertiary/aromatic N) is 1. The van der Waals surface area contributed by atoms with Crippen molar-refractivity contribution < 1.29 is 32.5 Å². The molecule has 2 aliphatic heterocycles. The quantitative estimate of drug-likeness (QED) is 0.193. The number of anilines is 1. The maximum Gasteiger partial charge on any atom is 0.242 e. The number of carbonyl (C=O) groups excluding carboxylic acids is 1. The first-order valence-electron chi connectivity index (χ1n) is 16.6. The van der Waals surface area contributed by atoms with Crippen LogP contribution in [-0.2, 0) is 42.1 Å². The van der Waals surface area contributed by atoms with Crippen molar-refractivity contribution in [3.05, 3.63) is 131 Å². The third-order valence-corrected chi connectivity index (χ3v) is 10.3. The molecule has 1 amide bonds. The van der Waals surface area contributed by atoms with Gasteiger partial charge in [0.2, 0.25) is 15.9 Å². The van der Waals surface area contributed by atoms with Gasteiger partial charge in [0.15, 0.2) is 6.29 Å². The molecule has 2 saturated heterocycles. The summed E-state index contributed by atoms with van der Waals surface area (Å²) in [6.45, 7) is 5.71. The van der Waals surface area contributed by atoms with Crippen LogP contribution in [0.4, 0.5) is 5.69 Å².